The molecule has 2 aromatic rings. The van der Waals surface area contributed by atoms with E-state index in [2.05, 4.69) is 16.7 Å². The Balaban J connectivity index is 1.21. The van der Waals surface area contributed by atoms with Gasteiger partial charge in [-0.05, 0) is 36.5 Å². The number of ether oxygens (including phenoxy) is 1. The number of fused-ring (bicyclic) bond motifs is 1. The van der Waals surface area contributed by atoms with E-state index in [9.17, 15) is 9.59 Å². The number of nitrogens with one attached hydrogen (secondary N) is 2. The molecule has 1 saturated heterocycles. The number of likely N-dealkylation sites (tertiary alicyclic amines) is 1. The lowest BCUT2D eigenvalue weighted by molar-refractivity contribution is -0.122. The molecule has 1 unspecified atom stereocenters. The van der Waals surface area contributed by atoms with Crippen LogP contribution in [-0.2, 0) is 11.3 Å². The first-order valence-corrected chi connectivity index (χ1v) is 11.7. The molecule has 32 heavy (non-hydrogen) atoms. The molecule has 0 radical (unpaired) electrons. The van der Waals surface area contributed by atoms with Crippen molar-refractivity contribution in [2.45, 2.75) is 62.6 Å². The molecule has 5 rings (SSSR count). The van der Waals surface area contributed by atoms with Crippen LogP contribution in [0.25, 0.3) is 0 Å². The molecule has 6 nitrogen and oxygen atoms in total. The zero-order valence-corrected chi connectivity index (χ0v) is 18.4. The van der Waals surface area contributed by atoms with Crippen molar-refractivity contribution < 1.29 is 14.3 Å². The van der Waals surface area contributed by atoms with Crippen LogP contribution in [0.4, 0.5) is 4.79 Å². The van der Waals surface area contributed by atoms with Crippen molar-refractivity contribution >= 4 is 11.9 Å². The minimum atomic E-state index is -0.310. The normalized spacial score (nSPS) is 21.4. The number of hydrogen-bond donors (Lipinski definition) is 2. The Bertz CT molecular complexity index is 965. The molecule has 2 N–H and O–H groups in total. The van der Waals surface area contributed by atoms with E-state index in [1.54, 1.807) is 0 Å². The molecule has 3 amide bonds. The van der Waals surface area contributed by atoms with Gasteiger partial charge in [-0.2, -0.15) is 0 Å². The highest BCUT2D eigenvalue weighted by Crippen LogP contribution is 2.46. The highest BCUT2D eigenvalue weighted by molar-refractivity contribution is 5.78. The standard InChI is InChI=1S/C26H31N3O3/c30-24(28-21-10-11-21)16-20-17-26(32-23-9-5-4-8-22(20)23)12-14-29(15-13-26)25(31)27-18-19-6-2-1-3-7-19/h1-9,20-21H,10-18H2,(H,27,31)(H,28,30). The zero-order valence-electron chi connectivity index (χ0n) is 18.4. The molecular formula is C26H31N3O3. The summed E-state index contributed by atoms with van der Waals surface area (Å²) in [6.07, 6.45) is 5.08. The van der Waals surface area contributed by atoms with Crippen molar-refractivity contribution in [3.8, 4) is 5.75 Å². The molecule has 1 saturated carbocycles. The highest BCUT2D eigenvalue weighted by atomic mass is 16.5. The van der Waals surface area contributed by atoms with Crippen LogP contribution in [0.3, 0.4) is 0 Å². The lowest BCUT2D eigenvalue weighted by Crippen LogP contribution is -2.53. The third-order valence-electron chi connectivity index (χ3n) is 6.93. The summed E-state index contributed by atoms with van der Waals surface area (Å²) in [6.45, 7) is 1.84. The fraction of sp³-hybridized carbons (Fsp3) is 0.462. The van der Waals surface area contributed by atoms with Crippen molar-refractivity contribution in [1.29, 1.82) is 0 Å². The molecule has 0 bridgehead atoms. The molecule has 0 aromatic heterocycles. The van der Waals surface area contributed by atoms with E-state index in [4.69, 9.17) is 4.74 Å². The smallest absolute Gasteiger partial charge is 0.317 e. The van der Waals surface area contributed by atoms with Crippen molar-refractivity contribution in [2.24, 2.45) is 0 Å². The van der Waals surface area contributed by atoms with E-state index < -0.39 is 0 Å². The number of piperidine rings is 1. The minimum Gasteiger partial charge on any atom is -0.487 e. The van der Waals surface area contributed by atoms with Gasteiger partial charge in [0.1, 0.15) is 11.4 Å². The van der Waals surface area contributed by atoms with Crippen LogP contribution in [0.15, 0.2) is 54.6 Å². The maximum atomic E-state index is 12.7. The number of carbonyl (C=O) groups excluding carboxylic acids is 2. The average Bonchev–Trinajstić information content (AvgIpc) is 3.62. The summed E-state index contributed by atoms with van der Waals surface area (Å²) in [5.41, 5.74) is 1.91. The van der Waals surface area contributed by atoms with Crippen molar-refractivity contribution in [1.82, 2.24) is 15.5 Å². The summed E-state index contributed by atoms with van der Waals surface area (Å²) < 4.78 is 6.53. The van der Waals surface area contributed by atoms with E-state index in [-0.39, 0.29) is 23.5 Å². The van der Waals surface area contributed by atoms with Crippen LogP contribution in [0.5, 0.6) is 5.75 Å². The van der Waals surface area contributed by atoms with Crippen molar-refractivity contribution in [3.63, 3.8) is 0 Å². The van der Waals surface area contributed by atoms with E-state index in [0.29, 0.717) is 32.1 Å². The average molecular weight is 434 g/mol. The van der Waals surface area contributed by atoms with Crippen LogP contribution in [-0.4, -0.2) is 41.6 Å². The van der Waals surface area contributed by atoms with Gasteiger partial charge in [0.15, 0.2) is 0 Å². The molecule has 168 valence electrons. The first kappa shape index (κ1) is 20.9. The van der Waals surface area contributed by atoms with Gasteiger partial charge in [-0.1, -0.05) is 48.5 Å². The number of rotatable bonds is 5. The second-order valence-electron chi connectivity index (χ2n) is 9.40. The molecule has 1 spiro atoms. The van der Waals surface area contributed by atoms with Gasteiger partial charge in [0.2, 0.25) is 5.91 Å². The fourth-order valence-corrected chi connectivity index (χ4v) is 4.97. The summed E-state index contributed by atoms with van der Waals surface area (Å²) in [4.78, 5) is 27.1. The third-order valence-corrected chi connectivity index (χ3v) is 6.93. The lowest BCUT2D eigenvalue weighted by atomic mass is 9.76. The number of amides is 3. The van der Waals surface area contributed by atoms with Gasteiger partial charge < -0.3 is 20.3 Å². The van der Waals surface area contributed by atoms with Gasteiger partial charge >= 0.3 is 6.03 Å². The Labute approximate surface area is 189 Å². The number of nitrogens with zero attached hydrogens (tertiary/aromatic N) is 1. The maximum absolute atomic E-state index is 12.7. The number of benzene rings is 2. The van der Waals surface area contributed by atoms with Crippen LogP contribution in [0, 0.1) is 0 Å². The Morgan fingerprint density at radius 1 is 1.00 bits per heavy atom. The van der Waals surface area contributed by atoms with Crippen LogP contribution >= 0.6 is 0 Å². The number of urea groups is 1. The molecule has 2 fully saturated rings. The van der Waals surface area contributed by atoms with Gasteiger partial charge in [0, 0.05) is 50.9 Å². The van der Waals surface area contributed by atoms with Gasteiger partial charge in [-0.3, -0.25) is 4.79 Å². The molecule has 2 aromatic carbocycles. The molecule has 1 aliphatic carbocycles. The SMILES string of the molecule is O=C(CC1CC2(CCN(C(=O)NCc3ccccc3)CC2)Oc2ccccc21)NC1CC1. The molecule has 6 heteroatoms. The van der Waals surface area contributed by atoms with E-state index in [0.717, 1.165) is 49.0 Å². The predicted molar refractivity (Wildman–Crippen MR) is 122 cm³/mol. The van der Waals surface area contributed by atoms with Gasteiger partial charge in [0.05, 0.1) is 0 Å². The van der Waals surface area contributed by atoms with E-state index in [1.807, 2.05) is 53.4 Å². The fourth-order valence-electron chi connectivity index (χ4n) is 4.97. The Morgan fingerprint density at radius 2 is 1.72 bits per heavy atom. The van der Waals surface area contributed by atoms with Crippen LogP contribution < -0.4 is 15.4 Å². The summed E-state index contributed by atoms with van der Waals surface area (Å²) in [5.74, 6) is 1.18. The van der Waals surface area contributed by atoms with E-state index in [1.165, 1.54) is 0 Å². The molecular weight excluding hydrogens is 402 g/mol. The predicted octanol–water partition coefficient (Wildman–Crippen LogP) is 3.97. The monoisotopic (exact) mass is 433 g/mol. The number of para-hydroxylation sites is 1. The second kappa shape index (κ2) is 8.85. The highest BCUT2D eigenvalue weighted by Gasteiger charge is 2.44. The quantitative estimate of drug-likeness (QED) is 0.750. The molecule has 3 aliphatic rings. The topological polar surface area (TPSA) is 70.7 Å². The second-order valence-corrected chi connectivity index (χ2v) is 9.40. The van der Waals surface area contributed by atoms with Gasteiger partial charge in [-0.25, -0.2) is 4.79 Å². The minimum absolute atomic E-state index is 0.0275. The first-order chi connectivity index (χ1) is 15.6. The summed E-state index contributed by atoms with van der Waals surface area (Å²) >= 11 is 0. The van der Waals surface area contributed by atoms with E-state index >= 15 is 0 Å². The van der Waals surface area contributed by atoms with Gasteiger partial charge in [-0.15, -0.1) is 0 Å². The molecule has 2 aliphatic heterocycles. The number of carbonyl (C=O) groups is 2. The van der Waals surface area contributed by atoms with Crippen molar-refractivity contribution in [3.05, 3.63) is 65.7 Å². The first-order valence-electron chi connectivity index (χ1n) is 11.7. The third kappa shape index (κ3) is 4.74. The van der Waals surface area contributed by atoms with Crippen LogP contribution in [0.2, 0.25) is 0 Å². The molecule has 2 heterocycles. The Morgan fingerprint density at radius 3 is 2.47 bits per heavy atom. The lowest BCUT2D eigenvalue weighted by Gasteiger charge is -2.46. The maximum Gasteiger partial charge on any atom is 0.317 e. The Kier molecular flexibility index (Phi) is 5.77. The number of hydrogen-bond acceptors (Lipinski definition) is 3. The zero-order chi connectivity index (χ0) is 22.0. The molecule has 1 atom stereocenters. The summed E-state index contributed by atoms with van der Waals surface area (Å²) in [6, 6.07) is 18.4. The Hall–Kier alpha value is -3.02. The largest absolute Gasteiger partial charge is 0.487 e. The summed E-state index contributed by atoms with van der Waals surface area (Å²) in [7, 11) is 0. The summed E-state index contributed by atoms with van der Waals surface area (Å²) in [5, 5.41) is 6.16. The van der Waals surface area contributed by atoms with Crippen molar-refractivity contribution in [2.75, 3.05) is 13.1 Å². The van der Waals surface area contributed by atoms with Crippen LogP contribution in [0.1, 0.15) is 55.6 Å². The van der Waals surface area contributed by atoms with Gasteiger partial charge in [0.25, 0.3) is 0 Å².